The summed E-state index contributed by atoms with van der Waals surface area (Å²) in [5.74, 6) is -0.357. The molecule has 6 nitrogen and oxygen atoms in total. The Kier molecular flexibility index (Phi) is 3.59. The van der Waals surface area contributed by atoms with Crippen LogP contribution in [0.1, 0.15) is 30.7 Å². The Balaban J connectivity index is 1.58. The van der Waals surface area contributed by atoms with Gasteiger partial charge in [-0.1, -0.05) is 18.2 Å². The topological polar surface area (TPSA) is 82.8 Å². The molecule has 0 bridgehead atoms. The molecule has 0 saturated heterocycles. The minimum absolute atomic E-state index is 0.156. The van der Waals surface area contributed by atoms with Crippen molar-refractivity contribution in [3.63, 3.8) is 0 Å². The number of amides is 2. The van der Waals surface area contributed by atoms with E-state index in [0.717, 1.165) is 15.8 Å². The minimum Gasteiger partial charge on any atom is -0.451 e. The van der Waals surface area contributed by atoms with Gasteiger partial charge in [-0.25, -0.2) is 5.48 Å². The Morgan fingerprint density at radius 2 is 2.08 bits per heavy atom. The highest BCUT2D eigenvalue weighted by Gasteiger charge is 2.26. The molecule has 7 heteroatoms. The lowest BCUT2D eigenvalue weighted by Gasteiger charge is -2.26. The lowest BCUT2D eigenvalue weighted by Crippen LogP contribution is -2.35. The fourth-order valence-corrected chi connectivity index (χ4v) is 3.97. The molecule has 0 spiro atoms. The van der Waals surface area contributed by atoms with Gasteiger partial charge in [-0.15, -0.1) is 11.3 Å². The van der Waals surface area contributed by atoms with Crippen molar-refractivity contribution >= 4 is 34.1 Å². The second-order valence-electron chi connectivity index (χ2n) is 5.63. The molecule has 0 aliphatic carbocycles. The van der Waals surface area contributed by atoms with Gasteiger partial charge in [0.2, 0.25) is 0 Å². The SMILES string of the molecule is O=C(NO)c1cc2c(s1)CCN(C(=O)c1cc3ccccc3o1)C2. The second-order valence-corrected chi connectivity index (χ2v) is 6.76. The van der Waals surface area contributed by atoms with E-state index in [1.54, 1.807) is 22.5 Å². The van der Waals surface area contributed by atoms with E-state index in [-0.39, 0.29) is 5.91 Å². The van der Waals surface area contributed by atoms with Crippen molar-refractivity contribution in [1.29, 1.82) is 0 Å². The molecule has 1 aliphatic heterocycles. The van der Waals surface area contributed by atoms with E-state index >= 15 is 0 Å². The summed E-state index contributed by atoms with van der Waals surface area (Å²) in [7, 11) is 0. The third-order valence-corrected chi connectivity index (χ3v) is 5.35. The average Bonchev–Trinajstić information content (AvgIpc) is 3.23. The molecule has 0 radical (unpaired) electrons. The van der Waals surface area contributed by atoms with Crippen LogP contribution in [0.15, 0.2) is 40.8 Å². The fraction of sp³-hybridized carbons (Fsp3) is 0.176. The Labute approximate surface area is 141 Å². The first-order valence-corrected chi connectivity index (χ1v) is 8.31. The van der Waals surface area contributed by atoms with Gasteiger partial charge < -0.3 is 9.32 Å². The number of carbonyl (C=O) groups excluding carboxylic acids is 2. The Bertz CT molecular complexity index is 910. The number of furan rings is 1. The summed E-state index contributed by atoms with van der Waals surface area (Å²) in [5, 5.41) is 9.64. The largest absolute Gasteiger partial charge is 0.451 e. The highest BCUT2D eigenvalue weighted by Crippen LogP contribution is 2.29. The normalized spacial score (nSPS) is 13.8. The predicted molar refractivity (Wildman–Crippen MR) is 88.2 cm³/mol. The lowest BCUT2D eigenvalue weighted by molar-refractivity contribution is 0.0705. The van der Waals surface area contributed by atoms with Crippen LogP contribution in [0.5, 0.6) is 0 Å². The van der Waals surface area contributed by atoms with Gasteiger partial charge in [0, 0.05) is 23.4 Å². The summed E-state index contributed by atoms with van der Waals surface area (Å²) in [5.41, 5.74) is 3.27. The number of nitrogens with one attached hydrogen (secondary N) is 1. The van der Waals surface area contributed by atoms with Crippen LogP contribution < -0.4 is 5.48 Å². The number of para-hydroxylation sites is 1. The number of benzene rings is 1. The van der Waals surface area contributed by atoms with Crippen molar-refractivity contribution in [2.45, 2.75) is 13.0 Å². The first-order valence-electron chi connectivity index (χ1n) is 7.49. The average molecular weight is 342 g/mol. The van der Waals surface area contributed by atoms with Crippen LogP contribution in [0.3, 0.4) is 0 Å². The molecule has 0 fully saturated rings. The number of hydrogen-bond donors (Lipinski definition) is 2. The van der Waals surface area contributed by atoms with Crippen molar-refractivity contribution in [2.24, 2.45) is 0 Å². The van der Waals surface area contributed by atoms with Gasteiger partial charge in [-0.3, -0.25) is 14.8 Å². The van der Waals surface area contributed by atoms with Crippen LogP contribution in [-0.2, 0) is 13.0 Å². The van der Waals surface area contributed by atoms with Crippen molar-refractivity contribution in [3.05, 3.63) is 57.5 Å². The lowest BCUT2D eigenvalue weighted by atomic mass is 10.1. The maximum Gasteiger partial charge on any atom is 0.289 e. The Morgan fingerprint density at radius 3 is 2.88 bits per heavy atom. The summed E-state index contributed by atoms with van der Waals surface area (Å²) < 4.78 is 5.65. The van der Waals surface area contributed by atoms with Crippen LogP contribution in [0, 0.1) is 0 Å². The number of fused-ring (bicyclic) bond motifs is 2. The summed E-state index contributed by atoms with van der Waals surface area (Å²) in [6, 6.07) is 11.0. The summed E-state index contributed by atoms with van der Waals surface area (Å²) in [4.78, 5) is 27.4. The van der Waals surface area contributed by atoms with Crippen molar-refractivity contribution in [3.8, 4) is 0 Å². The summed E-state index contributed by atoms with van der Waals surface area (Å²) in [6.45, 7) is 1.00. The molecule has 2 aromatic heterocycles. The maximum atomic E-state index is 12.7. The first kappa shape index (κ1) is 14.9. The molecular weight excluding hydrogens is 328 g/mol. The van der Waals surface area contributed by atoms with E-state index in [2.05, 4.69) is 0 Å². The van der Waals surface area contributed by atoms with E-state index in [9.17, 15) is 9.59 Å². The van der Waals surface area contributed by atoms with Crippen LogP contribution >= 0.6 is 11.3 Å². The number of carbonyl (C=O) groups is 2. The highest BCUT2D eigenvalue weighted by atomic mass is 32.1. The van der Waals surface area contributed by atoms with Crippen molar-refractivity contribution in [2.75, 3.05) is 6.54 Å². The van der Waals surface area contributed by atoms with Crippen LogP contribution in [0.25, 0.3) is 11.0 Å². The molecule has 24 heavy (non-hydrogen) atoms. The van der Waals surface area contributed by atoms with Gasteiger partial charge >= 0.3 is 0 Å². The molecule has 2 amide bonds. The standard InChI is InChI=1S/C17H14N2O4S/c20-16(18-22)15-8-11-9-19(6-5-14(11)24-15)17(21)13-7-10-3-1-2-4-12(10)23-13/h1-4,7-8,22H,5-6,9H2,(H,18,20). The quantitative estimate of drug-likeness (QED) is 0.554. The molecule has 0 atom stereocenters. The Hall–Kier alpha value is -2.64. The zero-order valence-electron chi connectivity index (χ0n) is 12.6. The van der Waals surface area contributed by atoms with Gasteiger partial charge in [0.05, 0.1) is 4.88 Å². The van der Waals surface area contributed by atoms with Crippen LogP contribution in [-0.4, -0.2) is 28.5 Å². The van der Waals surface area contributed by atoms with Crippen LogP contribution in [0.2, 0.25) is 0 Å². The van der Waals surface area contributed by atoms with E-state index in [4.69, 9.17) is 9.62 Å². The maximum absolute atomic E-state index is 12.7. The molecular formula is C17H14N2O4S. The molecule has 0 unspecified atom stereocenters. The van der Waals surface area contributed by atoms with E-state index in [0.29, 0.717) is 35.7 Å². The molecule has 1 aromatic carbocycles. The molecule has 4 rings (SSSR count). The molecule has 2 N–H and O–H groups in total. The van der Waals surface area contributed by atoms with Gasteiger partial charge in [-0.2, -0.15) is 0 Å². The second kappa shape index (κ2) is 5.77. The molecule has 3 heterocycles. The third-order valence-electron chi connectivity index (χ3n) is 4.12. The molecule has 3 aromatic rings. The number of rotatable bonds is 2. The fourth-order valence-electron chi connectivity index (χ4n) is 2.92. The number of nitrogens with zero attached hydrogens (tertiary/aromatic N) is 1. The molecule has 0 saturated carbocycles. The molecule has 122 valence electrons. The van der Waals surface area contributed by atoms with E-state index < -0.39 is 5.91 Å². The Morgan fingerprint density at radius 1 is 1.25 bits per heavy atom. The van der Waals surface area contributed by atoms with E-state index in [1.165, 1.54) is 11.3 Å². The zero-order chi connectivity index (χ0) is 16.7. The smallest absolute Gasteiger partial charge is 0.289 e. The zero-order valence-corrected chi connectivity index (χ0v) is 13.4. The van der Waals surface area contributed by atoms with E-state index in [1.807, 2.05) is 24.3 Å². The van der Waals surface area contributed by atoms with Gasteiger partial charge in [-0.05, 0) is 30.2 Å². The van der Waals surface area contributed by atoms with Crippen molar-refractivity contribution in [1.82, 2.24) is 10.4 Å². The van der Waals surface area contributed by atoms with Gasteiger partial charge in [0.1, 0.15) is 5.58 Å². The summed E-state index contributed by atoms with van der Waals surface area (Å²) >= 11 is 1.35. The van der Waals surface area contributed by atoms with Gasteiger partial charge in [0.15, 0.2) is 5.76 Å². The number of thiophene rings is 1. The highest BCUT2D eigenvalue weighted by molar-refractivity contribution is 7.14. The predicted octanol–water partition coefficient (Wildman–Crippen LogP) is 2.81. The van der Waals surface area contributed by atoms with Crippen LogP contribution in [0.4, 0.5) is 0 Å². The number of hydrogen-bond acceptors (Lipinski definition) is 5. The number of hydroxylamine groups is 1. The third kappa shape index (κ3) is 2.47. The van der Waals surface area contributed by atoms with Gasteiger partial charge in [0.25, 0.3) is 11.8 Å². The first-order chi connectivity index (χ1) is 11.7. The summed E-state index contributed by atoms with van der Waals surface area (Å²) in [6.07, 6.45) is 0.685. The monoisotopic (exact) mass is 342 g/mol. The minimum atomic E-state index is -0.524. The van der Waals surface area contributed by atoms with Crippen molar-refractivity contribution < 1.29 is 19.2 Å². The molecule has 1 aliphatic rings.